The Labute approximate surface area is 134 Å². The highest BCUT2D eigenvalue weighted by atomic mass is 16.5. The summed E-state index contributed by atoms with van der Waals surface area (Å²) in [4.78, 5) is 4.62. The molecule has 1 aliphatic heterocycles. The topological polar surface area (TPSA) is 35.9 Å². The summed E-state index contributed by atoms with van der Waals surface area (Å²) in [6.07, 6.45) is 0.186. The van der Waals surface area contributed by atoms with Crippen LogP contribution in [0.4, 0.5) is 0 Å². The first kappa shape index (κ1) is 17.4. The minimum Gasteiger partial charge on any atom is -0.390 e. The van der Waals surface area contributed by atoms with E-state index < -0.39 is 0 Å². The van der Waals surface area contributed by atoms with E-state index in [-0.39, 0.29) is 18.3 Å². The molecule has 3 unspecified atom stereocenters. The van der Waals surface area contributed by atoms with Crippen molar-refractivity contribution in [3.63, 3.8) is 0 Å². The Balaban J connectivity index is 1.80. The van der Waals surface area contributed by atoms with Gasteiger partial charge in [0.1, 0.15) is 0 Å². The van der Waals surface area contributed by atoms with E-state index in [0.29, 0.717) is 6.54 Å². The molecule has 124 valence electrons. The van der Waals surface area contributed by atoms with Gasteiger partial charge in [-0.1, -0.05) is 37.3 Å². The van der Waals surface area contributed by atoms with Gasteiger partial charge in [-0.15, -0.1) is 0 Å². The number of morpholine rings is 1. The molecule has 1 N–H and O–H groups in total. The third-order valence-electron chi connectivity index (χ3n) is 4.13. The highest BCUT2D eigenvalue weighted by molar-refractivity contribution is 5.14. The Kier molecular flexibility index (Phi) is 6.83. The van der Waals surface area contributed by atoms with Gasteiger partial charge in [0.15, 0.2) is 0 Å². The molecule has 1 fully saturated rings. The molecule has 0 aromatic heterocycles. The van der Waals surface area contributed by atoms with Gasteiger partial charge >= 0.3 is 0 Å². The molecule has 2 rings (SSSR count). The van der Waals surface area contributed by atoms with Crippen molar-refractivity contribution in [2.75, 3.05) is 32.7 Å². The molecule has 1 aromatic rings. The summed E-state index contributed by atoms with van der Waals surface area (Å²) < 4.78 is 5.75. The number of rotatable bonds is 7. The fourth-order valence-corrected chi connectivity index (χ4v) is 3.23. The number of aliphatic hydroxyl groups is 1. The Morgan fingerprint density at radius 2 is 1.86 bits per heavy atom. The molecule has 0 bridgehead atoms. The van der Waals surface area contributed by atoms with E-state index in [4.69, 9.17) is 4.74 Å². The Hall–Kier alpha value is -0.940. The lowest BCUT2D eigenvalue weighted by molar-refractivity contribution is -0.0780. The minimum absolute atomic E-state index is 0.252. The van der Waals surface area contributed by atoms with Gasteiger partial charge in [-0.3, -0.25) is 9.80 Å². The summed E-state index contributed by atoms with van der Waals surface area (Å²) in [5.74, 6) is 0. The van der Waals surface area contributed by atoms with Crippen LogP contribution < -0.4 is 0 Å². The van der Waals surface area contributed by atoms with Crippen molar-refractivity contribution in [1.82, 2.24) is 9.80 Å². The zero-order valence-electron chi connectivity index (χ0n) is 14.1. The highest BCUT2D eigenvalue weighted by Crippen LogP contribution is 2.12. The molecule has 0 spiro atoms. The van der Waals surface area contributed by atoms with Crippen LogP contribution in [-0.2, 0) is 11.3 Å². The number of hydrogen-bond acceptors (Lipinski definition) is 4. The van der Waals surface area contributed by atoms with Crippen molar-refractivity contribution in [3.05, 3.63) is 35.9 Å². The lowest BCUT2D eigenvalue weighted by Gasteiger charge is -2.37. The molecule has 0 amide bonds. The number of benzene rings is 1. The van der Waals surface area contributed by atoms with Gasteiger partial charge < -0.3 is 9.84 Å². The second-order valence-electron chi connectivity index (χ2n) is 6.44. The quantitative estimate of drug-likeness (QED) is 0.835. The van der Waals surface area contributed by atoms with Crippen molar-refractivity contribution >= 4 is 0 Å². The normalized spacial score (nSPS) is 24.6. The van der Waals surface area contributed by atoms with E-state index in [1.54, 1.807) is 0 Å². The fraction of sp³-hybridized carbons (Fsp3) is 0.667. The van der Waals surface area contributed by atoms with E-state index in [1.807, 2.05) is 6.07 Å². The van der Waals surface area contributed by atoms with Gasteiger partial charge in [0.25, 0.3) is 0 Å². The molecule has 1 aliphatic rings. The molecule has 4 nitrogen and oxygen atoms in total. The predicted octanol–water partition coefficient (Wildman–Crippen LogP) is 1.98. The second-order valence-corrected chi connectivity index (χ2v) is 6.44. The predicted molar refractivity (Wildman–Crippen MR) is 89.8 cm³/mol. The second kappa shape index (κ2) is 8.63. The molecular formula is C18H30N2O2. The standard InChI is InChI=1S/C18H30N2O2/c1-4-19(12-17-8-6-5-7-9-17)13-18(21)14-20-10-15(2)22-16(3)11-20/h5-9,15-16,18,21H,4,10-14H2,1-3H3. The zero-order chi connectivity index (χ0) is 15.9. The van der Waals surface area contributed by atoms with Crippen LogP contribution in [-0.4, -0.2) is 65.9 Å². The number of aliphatic hydroxyl groups excluding tert-OH is 1. The summed E-state index contributed by atoms with van der Waals surface area (Å²) >= 11 is 0. The fourth-order valence-electron chi connectivity index (χ4n) is 3.23. The number of likely N-dealkylation sites (N-methyl/N-ethyl adjacent to an activating group) is 1. The van der Waals surface area contributed by atoms with E-state index in [0.717, 1.165) is 32.7 Å². The molecule has 0 saturated carbocycles. The smallest absolute Gasteiger partial charge is 0.0793 e. The monoisotopic (exact) mass is 306 g/mol. The van der Waals surface area contributed by atoms with Crippen molar-refractivity contribution in [3.8, 4) is 0 Å². The number of β-amino-alcohol motifs (C(OH)–C–C–N with tert-alkyl or cyclic N) is 1. The minimum atomic E-state index is -0.318. The van der Waals surface area contributed by atoms with E-state index in [2.05, 4.69) is 54.8 Å². The first-order valence-corrected chi connectivity index (χ1v) is 8.39. The first-order valence-electron chi connectivity index (χ1n) is 8.39. The summed E-state index contributed by atoms with van der Waals surface area (Å²) in [6, 6.07) is 10.4. The average molecular weight is 306 g/mol. The van der Waals surface area contributed by atoms with E-state index in [9.17, 15) is 5.11 Å². The lowest BCUT2D eigenvalue weighted by atomic mass is 10.2. The zero-order valence-corrected chi connectivity index (χ0v) is 14.1. The van der Waals surface area contributed by atoms with Crippen LogP contribution in [0.25, 0.3) is 0 Å². The van der Waals surface area contributed by atoms with Crippen molar-refractivity contribution in [2.45, 2.75) is 45.6 Å². The van der Waals surface area contributed by atoms with Gasteiger partial charge in [-0.25, -0.2) is 0 Å². The summed E-state index contributed by atoms with van der Waals surface area (Å²) in [5, 5.41) is 10.4. The first-order chi connectivity index (χ1) is 10.6. The van der Waals surface area contributed by atoms with E-state index in [1.165, 1.54) is 5.56 Å². The maximum Gasteiger partial charge on any atom is 0.0793 e. The third kappa shape index (κ3) is 5.69. The van der Waals surface area contributed by atoms with Gasteiger partial charge in [0.2, 0.25) is 0 Å². The Morgan fingerprint density at radius 3 is 2.45 bits per heavy atom. The van der Waals surface area contributed by atoms with Crippen molar-refractivity contribution in [2.24, 2.45) is 0 Å². The van der Waals surface area contributed by atoms with Gasteiger partial charge in [-0.2, -0.15) is 0 Å². The number of ether oxygens (including phenoxy) is 1. The van der Waals surface area contributed by atoms with Gasteiger partial charge in [0, 0.05) is 32.7 Å². The Bertz CT molecular complexity index is 416. The molecule has 1 heterocycles. The average Bonchev–Trinajstić information content (AvgIpc) is 2.46. The maximum absolute atomic E-state index is 10.4. The third-order valence-corrected chi connectivity index (χ3v) is 4.13. The lowest BCUT2D eigenvalue weighted by Crippen LogP contribution is -2.49. The van der Waals surface area contributed by atoms with Crippen molar-refractivity contribution < 1.29 is 9.84 Å². The van der Waals surface area contributed by atoms with Crippen LogP contribution in [0.2, 0.25) is 0 Å². The largest absolute Gasteiger partial charge is 0.390 e. The van der Waals surface area contributed by atoms with Crippen LogP contribution >= 0.6 is 0 Å². The summed E-state index contributed by atoms with van der Waals surface area (Å²) in [5.41, 5.74) is 1.30. The molecule has 0 radical (unpaired) electrons. The van der Waals surface area contributed by atoms with Crippen LogP contribution in [0.15, 0.2) is 30.3 Å². The van der Waals surface area contributed by atoms with Gasteiger partial charge in [-0.05, 0) is 26.0 Å². The van der Waals surface area contributed by atoms with Gasteiger partial charge in [0.05, 0.1) is 18.3 Å². The van der Waals surface area contributed by atoms with Crippen molar-refractivity contribution in [1.29, 1.82) is 0 Å². The molecule has 4 heteroatoms. The molecule has 0 aliphatic carbocycles. The highest BCUT2D eigenvalue weighted by Gasteiger charge is 2.24. The molecular weight excluding hydrogens is 276 g/mol. The van der Waals surface area contributed by atoms with Crippen LogP contribution in [0.3, 0.4) is 0 Å². The molecule has 3 atom stereocenters. The number of hydrogen-bond donors (Lipinski definition) is 1. The van der Waals surface area contributed by atoms with Crippen LogP contribution in [0.1, 0.15) is 26.3 Å². The summed E-state index contributed by atoms with van der Waals surface area (Å²) in [7, 11) is 0. The van der Waals surface area contributed by atoms with Crippen LogP contribution in [0, 0.1) is 0 Å². The van der Waals surface area contributed by atoms with E-state index >= 15 is 0 Å². The number of nitrogens with zero attached hydrogens (tertiary/aromatic N) is 2. The Morgan fingerprint density at radius 1 is 1.23 bits per heavy atom. The maximum atomic E-state index is 10.4. The van der Waals surface area contributed by atoms with Crippen LogP contribution in [0.5, 0.6) is 0 Å². The SMILES string of the molecule is CCN(Cc1ccccc1)CC(O)CN1CC(C)OC(C)C1. The molecule has 22 heavy (non-hydrogen) atoms. The molecule has 1 aromatic carbocycles. The summed E-state index contributed by atoms with van der Waals surface area (Å²) in [6.45, 7) is 11.4. The molecule has 1 saturated heterocycles.